The molecule has 1 atom stereocenters. The molecular formula is C13H19Br2NO. The number of hydrogen-bond acceptors (Lipinski definition) is 2. The van der Waals surface area contributed by atoms with Crippen molar-refractivity contribution in [3.05, 3.63) is 32.7 Å². The number of benzene rings is 1. The number of hydrogen-bond donors (Lipinski definition) is 2. The van der Waals surface area contributed by atoms with Gasteiger partial charge in [-0.25, -0.2) is 0 Å². The van der Waals surface area contributed by atoms with Gasteiger partial charge in [-0.15, -0.1) is 0 Å². The molecule has 0 heterocycles. The van der Waals surface area contributed by atoms with E-state index in [1.54, 1.807) is 0 Å². The summed E-state index contributed by atoms with van der Waals surface area (Å²) in [4.78, 5) is 0. The van der Waals surface area contributed by atoms with Crippen molar-refractivity contribution in [2.45, 2.75) is 38.8 Å². The third-order valence-corrected chi connectivity index (χ3v) is 5.03. The van der Waals surface area contributed by atoms with Crippen LogP contribution in [0.1, 0.15) is 32.3 Å². The molecule has 0 bridgehead atoms. The van der Waals surface area contributed by atoms with Gasteiger partial charge in [0.05, 0.1) is 0 Å². The Hall–Kier alpha value is 0.1000. The van der Waals surface area contributed by atoms with E-state index in [0.29, 0.717) is 0 Å². The zero-order valence-corrected chi connectivity index (χ0v) is 13.4. The predicted octanol–water partition coefficient (Wildman–Crippen LogP) is 3.85. The van der Waals surface area contributed by atoms with Crippen LogP contribution in [0.25, 0.3) is 0 Å². The van der Waals surface area contributed by atoms with Crippen LogP contribution in [0.4, 0.5) is 0 Å². The van der Waals surface area contributed by atoms with Crippen molar-refractivity contribution in [2.75, 3.05) is 6.61 Å². The lowest BCUT2D eigenvalue weighted by Gasteiger charge is -2.29. The summed E-state index contributed by atoms with van der Waals surface area (Å²) in [5.74, 6) is 0. The van der Waals surface area contributed by atoms with Crippen LogP contribution in [0, 0.1) is 0 Å². The van der Waals surface area contributed by atoms with Gasteiger partial charge in [-0.3, -0.25) is 0 Å². The third kappa shape index (κ3) is 4.70. The maximum atomic E-state index is 9.06. The molecule has 0 saturated carbocycles. The summed E-state index contributed by atoms with van der Waals surface area (Å²) >= 11 is 6.96. The van der Waals surface area contributed by atoms with Crippen LogP contribution in [0.2, 0.25) is 0 Å². The predicted molar refractivity (Wildman–Crippen MR) is 79.1 cm³/mol. The Bertz CT molecular complexity index is 370. The fourth-order valence-electron chi connectivity index (χ4n) is 1.60. The maximum Gasteiger partial charge on any atom is 0.0448 e. The number of nitrogens with one attached hydrogen (secondary N) is 1. The largest absolute Gasteiger partial charge is 0.396 e. The van der Waals surface area contributed by atoms with Crippen molar-refractivity contribution >= 4 is 31.9 Å². The first-order valence-electron chi connectivity index (χ1n) is 5.80. The van der Waals surface area contributed by atoms with Crippen LogP contribution < -0.4 is 5.32 Å². The van der Waals surface area contributed by atoms with Crippen LogP contribution in [0.3, 0.4) is 0 Å². The van der Waals surface area contributed by atoms with Crippen molar-refractivity contribution in [1.29, 1.82) is 0 Å². The number of halogens is 2. The lowest BCUT2D eigenvalue weighted by Crippen LogP contribution is -2.42. The average Bonchev–Trinajstić information content (AvgIpc) is 2.31. The summed E-state index contributed by atoms with van der Waals surface area (Å²) < 4.78 is 2.13. The molecular weight excluding hydrogens is 346 g/mol. The highest BCUT2D eigenvalue weighted by Gasteiger charge is 2.20. The molecule has 0 radical (unpaired) electrons. The molecule has 17 heavy (non-hydrogen) atoms. The minimum absolute atomic E-state index is 0.00823. The molecule has 1 rings (SSSR count). The molecule has 0 aliphatic heterocycles. The van der Waals surface area contributed by atoms with E-state index in [9.17, 15) is 0 Å². The van der Waals surface area contributed by atoms with E-state index in [-0.39, 0.29) is 12.1 Å². The Morgan fingerprint density at radius 3 is 2.53 bits per heavy atom. The monoisotopic (exact) mass is 363 g/mol. The number of aliphatic hydroxyl groups is 1. The second-order valence-electron chi connectivity index (χ2n) is 4.49. The first kappa shape index (κ1) is 15.2. The van der Waals surface area contributed by atoms with Gasteiger partial charge in [-0.2, -0.15) is 0 Å². The zero-order valence-electron chi connectivity index (χ0n) is 10.3. The minimum atomic E-state index is 0.00823. The number of rotatable bonds is 6. The van der Waals surface area contributed by atoms with Crippen molar-refractivity contribution in [1.82, 2.24) is 5.32 Å². The topological polar surface area (TPSA) is 32.3 Å². The van der Waals surface area contributed by atoms with Gasteiger partial charge in [0.2, 0.25) is 0 Å². The van der Waals surface area contributed by atoms with Crippen LogP contribution in [0.15, 0.2) is 27.1 Å². The molecule has 0 saturated heterocycles. The minimum Gasteiger partial charge on any atom is -0.396 e. The molecule has 0 aliphatic carbocycles. The summed E-state index contributed by atoms with van der Waals surface area (Å²) in [5, 5.41) is 12.6. The van der Waals surface area contributed by atoms with Crippen LogP contribution in [-0.2, 0) is 6.54 Å². The van der Waals surface area contributed by atoms with E-state index in [1.807, 2.05) is 6.07 Å². The Morgan fingerprint density at radius 2 is 2.00 bits per heavy atom. The molecule has 0 fully saturated rings. The first-order chi connectivity index (χ1) is 8.00. The second kappa shape index (κ2) is 6.88. The van der Waals surface area contributed by atoms with Gasteiger partial charge in [-0.1, -0.05) is 13.0 Å². The average molecular weight is 365 g/mol. The molecule has 0 spiro atoms. The van der Waals surface area contributed by atoms with Crippen LogP contribution in [0.5, 0.6) is 0 Å². The highest BCUT2D eigenvalue weighted by Crippen LogP contribution is 2.24. The standard InChI is InChI=1S/C13H19Br2NO/c1-3-13(2,6-7-17)16-9-10-4-5-11(14)12(15)8-10/h4-5,8,16-17H,3,6-7,9H2,1-2H3. The highest BCUT2D eigenvalue weighted by molar-refractivity contribution is 9.13. The zero-order chi connectivity index (χ0) is 12.9. The van der Waals surface area contributed by atoms with Gasteiger partial charge < -0.3 is 10.4 Å². The van der Waals surface area contributed by atoms with Gasteiger partial charge in [-0.05, 0) is 69.3 Å². The van der Waals surface area contributed by atoms with Crippen LogP contribution in [-0.4, -0.2) is 17.3 Å². The highest BCUT2D eigenvalue weighted by atomic mass is 79.9. The second-order valence-corrected chi connectivity index (χ2v) is 6.20. The molecule has 96 valence electrons. The van der Waals surface area contributed by atoms with Gasteiger partial charge in [0.1, 0.15) is 0 Å². The lowest BCUT2D eigenvalue weighted by molar-refractivity contribution is 0.214. The van der Waals surface area contributed by atoms with E-state index in [2.05, 4.69) is 63.2 Å². The molecule has 1 aromatic rings. The van der Waals surface area contributed by atoms with E-state index in [1.165, 1.54) is 5.56 Å². The van der Waals surface area contributed by atoms with E-state index >= 15 is 0 Å². The normalized spacial score (nSPS) is 14.6. The van der Waals surface area contributed by atoms with Gasteiger partial charge in [0.25, 0.3) is 0 Å². The van der Waals surface area contributed by atoms with Gasteiger partial charge in [0.15, 0.2) is 0 Å². The first-order valence-corrected chi connectivity index (χ1v) is 7.39. The molecule has 2 N–H and O–H groups in total. The quantitative estimate of drug-likeness (QED) is 0.803. The molecule has 1 aromatic carbocycles. The smallest absolute Gasteiger partial charge is 0.0448 e. The summed E-state index contributed by atoms with van der Waals surface area (Å²) in [6, 6.07) is 6.24. The fourth-order valence-corrected chi connectivity index (χ4v) is 2.27. The van der Waals surface area contributed by atoms with Crippen molar-refractivity contribution in [3.63, 3.8) is 0 Å². The Balaban J connectivity index is 2.62. The molecule has 1 unspecified atom stereocenters. The summed E-state index contributed by atoms with van der Waals surface area (Å²) in [6.45, 7) is 5.33. The Labute approximate surface area is 120 Å². The molecule has 0 aromatic heterocycles. The molecule has 4 heteroatoms. The molecule has 2 nitrogen and oxygen atoms in total. The number of aliphatic hydroxyl groups excluding tert-OH is 1. The van der Waals surface area contributed by atoms with Crippen LogP contribution >= 0.6 is 31.9 Å². The third-order valence-electron chi connectivity index (χ3n) is 3.15. The maximum absolute atomic E-state index is 9.06. The Morgan fingerprint density at radius 1 is 1.29 bits per heavy atom. The van der Waals surface area contributed by atoms with Gasteiger partial charge in [0, 0.05) is 27.6 Å². The summed E-state index contributed by atoms with van der Waals surface area (Å²) in [7, 11) is 0. The summed E-state index contributed by atoms with van der Waals surface area (Å²) in [5.41, 5.74) is 1.24. The van der Waals surface area contributed by atoms with Crippen molar-refractivity contribution in [2.24, 2.45) is 0 Å². The lowest BCUT2D eigenvalue weighted by atomic mass is 9.94. The molecule has 0 amide bonds. The van der Waals surface area contributed by atoms with E-state index in [4.69, 9.17) is 5.11 Å². The SMILES string of the molecule is CCC(C)(CCO)NCc1ccc(Br)c(Br)c1. The van der Waals surface area contributed by atoms with E-state index < -0.39 is 0 Å². The Kier molecular flexibility index (Phi) is 6.13. The van der Waals surface area contributed by atoms with E-state index in [0.717, 1.165) is 28.3 Å². The van der Waals surface area contributed by atoms with Crippen molar-refractivity contribution < 1.29 is 5.11 Å². The fraction of sp³-hybridized carbons (Fsp3) is 0.538. The summed E-state index contributed by atoms with van der Waals surface area (Å²) in [6.07, 6.45) is 1.78. The van der Waals surface area contributed by atoms with Gasteiger partial charge >= 0.3 is 0 Å². The molecule has 0 aliphatic rings. The van der Waals surface area contributed by atoms with Crippen molar-refractivity contribution in [3.8, 4) is 0 Å².